The lowest BCUT2D eigenvalue weighted by atomic mass is 10.2. The quantitative estimate of drug-likeness (QED) is 0.864. The van der Waals surface area contributed by atoms with Crippen molar-refractivity contribution in [1.82, 2.24) is 19.8 Å². The Morgan fingerprint density at radius 3 is 2.77 bits per heavy atom. The third-order valence-corrected chi connectivity index (χ3v) is 3.82. The van der Waals surface area contributed by atoms with Crippen molar-refractivity contribution in [3.05, 3.63) is 40.3 Å². The van der Waals surface area contributed by atoms with E-state index in [-0.39, 0.29) is 17.0 Å². The van der Waals surface area contributed by atoms with Crippen molar-refractivity contribution >= 4 is 16.9 Å². The summed E-state index contributed by atoms with van der Waals surface area (Å²) in [6.45, 7) is 7.34. The Morgan fingerprint density at radius 2 is 2.09 bits per heavy atom. The van der Waals surface area contributed by atoms with Gasteiger partial charge < -0.3 is 10.2 Å². The van der Waals surface area contributed by atoms with Crippen LogP contribution >= 0.6 is 0 Å². The van der Waals surface area contributed by atoms with Crippen LogP contribution in [0, 0.1) is 0 Å². The molecule has 22 heavy (non-hydrogen) atoms. The van der Waals surface area contributed by atoms with Gasteiger partial charge in [-0.2, -0.15) is 0 Å². The lowest BCUT2D eigenvalue weighted by Crippen LogP contribution is -2.37. The van der Waals surface area contributed by atoms with Crippen molar-refractivity contribution in [2.45, 2.75) is 13.8 Å². The number of nitrogens with zero attached hydrogens (tertiary/aromatic N) is 3. The van der Waals surface area contributed by atoms with E-state index < -0.39 is 0 Å². The molecule has 0 aliphatic carbocycles. The zero-order chi connectivity index (χ0) is 16.1. The van der Waals surface area contributed by atoms with E-state index in [4.69, 9.17) is 0 Å². The number of aromatic nitrogens is 2. The van der Waals surface area contributed by atoms with Crippen LogP contribution in [-0.4, -0.2) is 46.5 Å². The number of hydrogen-bond donors (Lipinski definition) is 1. The molecule has 2 rings (SSSR count). The van der Waals surface area contributed by atoms with Gasteiger partial charge in [0, 0.05) is 31.7 Å². The lowest BCUT2D eigenvalue weighted by molar-refractivity contribution is 0.0947. The molecule has 0 bridgehead atoms. The van der Waals surface area contributed by atoms with Crippen molar-refractivity contribution in [1.29, 1.82) is 0 Å². The summed E-state index contributed by atoms with van der Waals surface area (Å²) in [6.07, 6.45) is 1.63. The maximum absolute atomic E-state index is 12.3. The largest absolute Gasteiger partial charge is 0.351 e. The van der Waals surface area contributed by atoms with Gasteiger partial charge in [-0.3, -0.25) is 14.2 Å². The normalized spacial score (nSPS) is 11.1. The van der Waals surface area contributed by atoms with Crippen LogP contribution in [0.1, 0.15) is 24.2 Å². The standard InChI is InChI=1S/C16H22N4O2/c1-4-20(5-2)10-9-18-15(21)13-11-12-7-6-8-17-14(12)19(3)16(13)22/h6-8,11H,4-5,9-10H2,1-3H3,(H,18,21). The third kappa shape index (κ3) is 3.33. The van der Waals surface area contributed by atoms with Gasteiger partial charge in [0.15, 0.2) is 0 Å². The lowest BCUT2D eigenvalue weighted by Gasteiger charge is -2.18. The van der Waals surface area contributed by atoms with Crippen molar-refractivity contribution < 1.29 is 4.79 Å². The van der Waals surface area contributed by atoms with Gasteiger partial charge in [0.25, 0.3) is 11.5 Å². The zero-order valence-corrected chi connectivity index (χ0v) is 13.3. The molecule has 0 atom stereocenters. The van der Waals surface area contributed by atoms with Gasteiger partial charge in [0.2, 0.25) is 0 Å². The minimum Gasteiger partial charge on any atom is -0.351 e. The molecule has 0 saturated heterocycles. The molecular formula is C16H22N4O2. The van der Waals surface area contributed by atoms with Crippen LogP contribution in [0.2, 0.25) is 0 Å². The van der Waals surface area contributed by atoms with Gasteiger partial charge in [0.1, 0.15) is 11.2 Å². The second kappa shape index (κ2) is 7.17. The van der Waals surface area contributed by atoms with E-state index in [1.165, 1.54) is 4.57 Å². The predicted octanol–water partition coefficient (Wildman–Crippen LogP) is 1.01. The first kappa shape index (κ1) is 16.2. The predicted molar refractivity (Wildman–Crippen MR) is 87.1 cm³/mol. The fourth-order valence-electron chi connectivity index (χ4n) is 2.42. The molecule has 0 fully saturated rings. The minimum absolute atomic E-state index is 0.155. The number of likely N-dealkylation sites (N-methyl/N-ethyl adjacent to an activating group) is 1. The van der Waals surface area contributed by atoms with Gasteiger partial charge in [-0.05, 0) is 31.3 Å². The van der Waals surface area contributed by atoms with E-state index in [0.29, 0.717) is 12.2 Å². The summed E-state index contributed by atoms with van der Waals surface area (Å²) in [5, 5.41) is 3.59. The number of aryl methyl sites for hydroxylation is 1. The van der Waals surface area contributed by atoms with Crippen molar-refractivity contribution in [2.75, 3.05) is 26.2 Å². The van der Waals surface area contributed by atoms with E-state index >= 15 is 0 Å². The van der Waals surface area contributed by atoms with E-state index in [1.807, 2.05) is 6.07 Å². The second-order valence-corrected chi connectivity index (χ2v) is 5.12. The number of pyridine rings is 2. The van der Waals surface area contributed by atoms with Crippen molar-refractivity contribution in [2.24, 2.45) is 7.05 Å². The molecule has 0 aliphatic heterocycles. The maximum Gasteiger partial charge on any atom is 0.264 e. The van der Waals surface area contributed by atoms with Crippen molar-refractivity contribution in [3.8, 4) is 0 Å². The van der Waals surface area contributed by atoms with Crippen LogP contribution < -0.4 is 10.9 Å². The first-order chi connectivity index (χ1) is 10.6. The molecule has 1 N–H and O–H groups in total. The molecule has 2 heterocycles. The average molecular weight is 302 g/mol. The summed E-state index contributed by atoms with van der Waals surface area (Å²) >= 11 is 0. The minimum atomic E-state index is -0.335. The molecule has 1 amide bonds. The zero-order valence-electron chi connectivity index (χ0n) is 13.3. The number of carbonyl (C=O) groups excluding carboxylic acids is 1. The van der Waals surface area contributed by atoms with E-state index in [1.54, 1.807) is 25.4 Å². The molecule has 6 nitrogen and oxygen atoms in total. The van der Waals surface area contributed by atoms with E-state index in [0.717, 1.165) is 25.0 Å². The molecule has 0 radical (unpaired) electrons. The first-order valence-corrected chi connectivity index (χ1v) is 7.53. The topological polar surface area (TPSA) is 67.2 Å². The molecule has 0 unspecified atom stereocenters. The number of amides is 1. The van der Waals surface area contributed by atoms with E-state index in [2.05, 4.69) is 29.0 Å². The third-order valence-electron chi connectivity index (χ3n) is 3.82. The van der Waals surface area contributed by atoms with Gasteiger partial charge in [-0.15, -0.1) is 0 Å². The maximum atomic E-state index is 12.3. The first-order valence-electron chi connectivity index (χ1n) is 7.53. The van der Waals surface area contributed by atoms with Crippen LogP contribution in [-0.2, 0) is 7.05 Å². The Kier molecular flexibility index (Phi) is 5.27. The molecule has 0 saturated carbocycles. The Morgan fingerprint density at radius 1 is 1.36 bits per heavy atom. The van der Waals surface area contributed by atoms with Gasteiger partial charge in [-0.25, -0.2) is 4.98 Å². The van der Waals surface area contributed by atoms with Gasteiger partial charge in [-0.1, -0.05) is 13.8 Å². The van der Waals surface area contributed by atoms with E-state index in [9.17, 15) is 9.59 Å². The number of carbonyl (C=O) groups is 1. The summed E-state index contributed by atoms with van der Waals surface area (Å²) < 4.78 is 1.41. The highest BCUT2D eigenvalue weighted by Crippen LogP contribution is 2.09. The number of nitrogens with one attached hydrogen (secondary N) is 1. The van der Waals surface area contributed by atoms with Gasteiger partial charge >= 0.3 is 0 Å². The summed E-state index contributed by atoms with van der Waals surface area (Å²) in [4.78, 5) is 30.9. The average Bonchev–Trinajstić information content (AvgIpc) is 2.54. The molecule has 118 valence electrons. The highest BCUT2D eigenvalue weighted by molar-refractivity contribution is 5.96. The monoisotopic (exact) mass is 302 g/mol. The second-order valence-electron chi connectivity index (χ2n) is 5.12. The highest BCUT2D eigenvalue weighted by Gasteiger charge is 2.14. The van der Waals surface area contributed by atoms with Gasteiger partial charge in [0.05, 0.1) is 0 Å². The summed E-state index contributed by atoms with van der Waals surface area (Å²) in [6, 6.07) is 5.24. The fourth-order valence-corrected chi connectivity index (χ4v) is 2.42. The van der Waals surface area contributed by atoms with Crippen LogP contribution in [0.5, 0.6) is 0 Å². The summed E-state index contributed by atoms with van der Waals surface area (Å²) in [5.41, 5.74) is 0.404. The van der Waals surface area contributed by atoms with Crippen LogP contribution in [0.25, 0.3) is 11.0 Å². The number of fused-ring (bicyclic) bond motifs is 1. The molecule has 0 aliphatic rings. The van der Waals surface area contributed by atoms with Crippen LogP contribution in [0.15, 0.2) is 29.2 Å². The Labute approximate surface area is 129 Å². The molecule has 0 spiro atoms. The molecule has 0 aromatic carbocycles. The Hall–Kier alpha value is -2.21. The highest BCUT2D eigenvalue weighted by atomic mass is 16.2. The molecule has 6 heteroatoms. The molecular weight excluding hydrogens is 280 g/mol. The number of rotatable bonds is 6. The Balaban J connectivity index is 2.18. The summed E-state index contributed by atoms with van der Waals surface area (Å²) in [5.74, 6) is -0.335. The SMILES string of the molecule is CCN(CC)CCNC(=O)c1cc2cccnc2n(C)c1=O. The van der Waals surface area contributed by atoms with Crippen molar-refractivity contribution in [3.63, 3.8) is 0 Å². The molecule has 2 aromatic heterocycles. The van der Waals surface area contributed by atoms with Crippen LogP contribution in [0.3, 0.4) is 0 Å². The fraction of sp³-hybridized carbons (Fsp3) is 0.438. The molecule has 2 aromatic rings. The Bertz CT molecular complexity index is 720. The smallest absolute Gasteiger partial charge is 0.264 e. The number of hydrogen-bond acceptors (Lipinski definition) is 4. The summed E-state index contributed by atoms with van der Waals surface area (Å²) in [7, 11) is 1.63. The van der Waals surface area contributed by atoms with Crippen LogP contribution in [0.4, 0.5) is 0 Å².